The first kappa shape index (κ1) is 12.8. The van der Waals surface area contributed by atoms with Crippen molar-refractivity contribution in [2.24, 2.45) is 5.41 Å². The maximum absolute atomic E-state index is 10.8. The van der Waals surface area contributed by atoms with Gasteiger partial charge in [-0.2, -0.15) is 5.10 Å². The molecule has 0 saturated heterocycles. The summed E-state index contributed by atoms with van der Waals surface area (Å²) in [4.78, 5) is 0. The van der Waals surface area contributed by atoms with Crippen LogP contribution in [0.2, 0.25) is 0 Å². The number of benzene rings is 1. The lowest BCUT2D eigenvalue weighted by Crippen LogP contribution is -2.38. The van der Waals surface area contributed by atoms with Crippen molar-refractivity contribution in [2.45, 2.75) is 33.3 Å². The number of hydrogen-bond acceptors (Lipinski definition) is 2. The number of aromatic nitrogens is 2. The second kappa shape index (κ2) is 4.25. The summed E-state index contributed by atoms with van der Waals surface area (Å²) in [5.41, 5.74) is 0.557. The van der Waals surface area contributed by atoms with Gasteiger partial charge in [-0.25, -0.2) is 4.68 Å². The number of aliphatic hydroxyl groups is 1. The molecule has 0 aliphatic rings. The SMILES string of the molecule is CC(C)(C)C(C)(O)c1ccnn1-c1ccccc1. The Bertz CT molecular complexity index is 521. The summed E-state index contributed by atoms with van der Waals surface area (Å²) >= 11 is 0. The maximum atomic E-state index is 10.8. The molecule has 96 valence electrons. The monoisotopic (exact) mass is 244 g/mol. The second-order valence-corrected chi connectivity index (χ2v) is 5.79. The van der Waals surface area contributed by atoms with E-state index in [1.54, 1.807) is 10.9 Å². The summed E-state index contributed by atoms with van der Waals surface area (Å²) in [5.74, 6) is 0. The van der Waals surface area contributed by atoms with E-state index in [0.717, 1.165) is 11.4 Å². The molecule has 1 heterocycles. The van der Waals surface area contributed by atoms with Crippen LogP contribution >= 0.6 is 0 Å². The summed E-state index contributed by atoms with van der Waals surface area (Å²) < 4.78 is 1.80. The molecule has 0 spiro atoms. The molecule has 0 saturated carbocycles. The second-order valence-electron chi connectivity index (χ2n) is 5.79. The highest BCUT2D eigenvalue weighted by molar-refractivity contribution is 5.34. The highest BCUT2D eigenvalue weighted by Gasteiger charge is 2.39. The third-order valence-corrected chi connectivity index (χ3v) is 3.60. The number of para-hydroxylation sites is 1. The van der Waals surface area contributed by atoms with Crippen LogP contribution in [0, 0.1) is 5.41 Å². The van der Waals surface area contributed by atoms with Crippen LogP contribution in [-0.4, -0.2) is 14.9 Å². The standard InChI is InChI=1S/C15H20N2O/c1-14(2,3)15(4,18)13-10-11-16-17(13)12-8-6-5-7-9-12/h5-11,18H,1-4H3. The minimum absolute atomic E-state index is 0.264. The Morgan fingerprint density at radius 3 is 2.17 bits per heavy atom. The topological polar surface area (TPSA) is 38.1 Å². The molecule has 1 aromatic carbocycles. The molecule has 18 heavy (non-hydrogen) atoms. The van der Waals surface area contributed by atoms with E-state index in [1.165, 1.54) is 0 Å². The molecule has 0 amide bonds. The van der Waals surface area contributed by atoms with Crippen LogP contribution in [0.3, 0.4) is 0 Å². The quantitative estimate of drug-likeness (QED) is 0.881. The van der Waals surface area contributed by atoms with Gasteiger partial charge in [0.1, 0.15) is 5.60 Å². The van der Waals surface area contributed by atoms with Crippen molar-refractivity contribution in [1.29, 1.82) is 0 Å². The lowest BCUT2D eigenvalue weighted by Gasteiger charge is -2.37. The van der Waals surface area contributed by atoms with Gasteiger partial charge in [0.25, 0.3) is 0 Å². The van der Waals surface area contributed by atoms with Crippen molar-refractivity contribution in [3.63, 3.8) is 0 Å². The highest BCUT2D eigenvalue weighted by atomic mass is 16.3. The van der Waals surface area contributed by atoms with Gasteiger partial charge in [0.15, 0.2) is 0 Å². The van der Waals surface area contributed by atoms with Gasteiger partial charge in [0.05, 0.1) is 11.4 Å². The molecule has 0 fully saturated rings. The molecule has 0 aliphatic carbocycles. The van der Waals surface area contributed by atoms with E-state index in [-0.39, 0.29) is 5.41 Å². The summed E-state index contributed by atoms with van der Waals surface area (Å²) in [7, 11) is 0. The minimum atomic E-state index is -0.945. The molecule has 1 aromatic heterocycles. The van der Waals surface area contributed by atoms with Crippen molar-refractivity contribution < 1.29 is 5.11 Å². The molecule has 0 aliphatic heterocycles. The number of rotatable bonds is 2. The Hall–Kier alpha value is -1.61. The Morgan fingerprint density at radius 1 is 1.00 bits per heavy atom. The van der Waals surface area contributed by atoms with Gasteiger partial charge in [0, 0.05) is 6.20 Å². The Kier molecular flexibility index (Phi) is 3.03. The lowest BCUT2D eigenvalue weighted by molar-refractivity contribution is -0.0524. The predicted octanol–water partition coefficient (Wildman–Crippen LogP) is 3.13. The van der Waals surface area contributed by atoms with Crippen molar-refractivity contribution in [2.75, 3.05) is 0 Å². The van der Waals surface area contributed by atoms with Gasteiger partial charge < -0.3 is 5.11 Å². The fourth-order valence-electron chi connectivity index (χ4n) is 1.83. The van der Waals surface area contributed by atoms with Gasteiger partial charge in [0.2, 0.25) is 0 Å². The minimum Gasteiger partial charge on any atom is -0.383 e. The summed E-state index contributed by atoms with van der Waals surface area (Å²) in [6.07, 6.45) is 1.72. The van der Waals surface area contributed by atoms with Crippen LogP contribution in [0.1, 0.15) is 33.4 Å². The molecular formula is C15H20N2O. The Labute approximate surface area is 108 Å². The van der Waals surface area contributed by atoms with Crippen LogP contribution in [0.4, 0.5) is 0 Å². The van der Waals surface area contributed by atoms with E-state index in [2.05, 4.69) is 5.10 Å². The molecule has 1 N–H and O–H groups in total. The summed E-state index contributed by atoms with van der Waals surface area (Å²) in [6.45, 7) is 7.91. The molecule has 1 atom stereocenters. The zero-order valence-corrected chi connectivity index (χ0v) is 11.4. The van der Waals surface area contributed by atoms with E-state index in [9.17, 15) is 5.11 Å². The molecule has 1 unspecified atom stereocenters. The summed E-state index contributed by atoms with van der Waals surface area (Å²) in [5, 5.41) is 15.1. The van der Waals surface area contributed by atoms with Gasteiger partial charge in [-0.1, -0.05) is 39.0 Å². The fraction of sp³-hybridized carbons (Fsp3) is 0.400. The normalized spacial score (nSPS) is 15.4. The maximum Gasteiger partial charge on any atom is 0.109 e. The van der Waals surface area contributed by atoms with E-state index in [4.69, 9.17) is 0 Å². The zero-order valence-electron chi connectivity index (χ0n) is 11.4. The van der Waals surface area contributed by atoms with Crippen LogP contribution in [0.25, 0.3) is 5.69 Å². The van der Waals surface area contributed by atoms with Gasteiger partial charge in [-0.05, 0) is 30.5 Å². The Balaban J connectivity index is 2.53. The van der Waals surface area contributed by atoms with Crippen molar-refractivity contribution >= 4 is 0 Å². The van der Waals surface area contributed by atoms with Crippen LogP contribution in [-0.2, 0) is 5.60 Å². The van der Waals surface area contributed by atoms with Gasteiger partial charge >= 0.3 is 0 Å². The average Bonchev–Trinajstić information content (AvgIpc) is 2.78. The fourth-order valence-corrected chi connectivity index (χ4v) is 1.83. The van der Waals surface area contributed by atoms with Crippen LogP contribution in [0.5, 0.6) is 0 Å². The third kappa shape index (κ3) is 2.06. The number of nitrogens with zero attached hydrogens (tertiary/aromatic N) is 2. The van der Waals surface area contributed by atoms with Crippen LogP contribution < -0.4 is 0 Å². The first-order valence-electron chi connectivity index (χ1n) is 6.16. The van der Waals surface area contributed by atoms with Crippen molar-refractivity contribution in [3.8, 4) is 5.69 Å². The molecule has 0 radical (unpaired) electrons. The molecule has 0 bridgehead atoms. The van der Waals surface area contributed by atoms with Crippen molar-refractivity contribution in [3.05, 3.63) is 48.3 Å². The predicted molar refractivity (Wildman–Crippen MR) is 72.6 cm³/mol. The Morgan fingerprint density at radius 2 is 1.61 bits per heavy atom. The van der Waals surface area contributed by atoms with Gasteiger partial charge in [-0.15, -0.1) is 0 Å². The van der Waals surface area contributed by atoms with Crippen LogP contribution in [0.15, 0.2) is 42.6 Å². The zero-order chi connectivity index (χ0) is 13.4. The first-order chi connectivity index (χ1) is 8.34. The smallest absolute Gasteiger partial charge is 0.109 e. The molecule has 2 rings (SSSR count). The molecular weight excluding hydrogens is 224 g/mol. The van der Waals surface area contributed by atoms with E-state index < -0.39 is 5.60 Å². The number of hydrogen-bond donors (Lipinski definition) is 1. The molecule has 2 aromatic rings. The third-order valence-electron chi connectivity index (χ3n) is 3.60. The first-order valence-corrected chi connectivity index (χ1v) is 6.16. The van der Waals surface area contributed by atoms with E-state index in [0.29, 0.717) is 0 Å². The average molecular weight is 244 g/mol. The summed E-state index contributed by atoms with van der Waals surface area (Å²) in [6, 6.07) is 11.7. The van der Waals surface area contributed by atoms with Gasteiger partial charge in [-0.3, -0.25) is 0 Å². The highest BCUT2D eigenvalue weighted by Crippen LogP contribution is 2.39. The molecule has 3 nitrogen and oxygen atoms in total. The largest absolute Gasteiger partial charge is 0.383 e. The lowest BCUT2D eigenvalue weighted by atomic mass is 9.75. The molecule has 3 heteroatoms. The van der Waals surface area contributed by atoms with E-state index in [1.807, 2.05) is 64.1 Å². The van der Waals surface area contributed by atoms with Crippen molar-refractivity contribution in [1.82, 2.24) is 9.78 Å². The van der Waals surface area contributed by atoms with E-state index >= 15 is 0 Å².